The number of pyridine rings is 1. The summed E-state index contributed by atoms with van der Waals surface area (Å²) in [5, 5.41) is 3.08. The van der Waals surface area contributed by atoms with Gasteiger partial charge in [0, 0.05) is 24.3 Å². The molecule has 0 bridgehead atoms. The summed E-state index contributed by atoms with van der Waals surface area (Å²) in [5.74, 6) is 1.20. The SMILES string of the molecule is Cc1cccc(NC(N)=NCc2ccc(-n3ccnc3)nc2)c1.I. The largest absolute Gasteiger partial charge is 0.370 e. The number of aliphatic imine (C=N–C) groups is 1. The van der Waals surface area contributed by atoms with Crippen molar-refractivity contribution in [1.29, 1.82) is 0 Å². The van der Waals surface area contributed by atoms with E-state index in [0.29, 0.717) is 12.5 Å². The van der Waals surface area contributed by atoms with Crippen molar-refractivity contribution >= 4 is 35.6 Å². The summed E-state index contributed by atoms with van der Waals surface area (Å²) in [6, 6.07) is 11.9. The average Bonchev–Trinajstić information content (AvgIpc) is 3.08. The number of halogens is 1. The number of nitrogens with two attached hydrogens (primary N) is 1. The first-order valence-electron chi connectivity index (χ1n) is 7.27. The molecule has 0 spiro atoms. The molecule has 0 saturated carbocycles. The molecule has 3 aromatic rings. The van der Waals surface area contributed by atoms with Crippen LogP contribution in [0.2, 0.25) is 0 Å². The Morgan fingerprint density at radius 2 is 2.17 bits per heavy atom. The van der Waals surface area contributed by atoms with Crippen molar-refractivity contribution in [3.8, 4) is 5.82 Å². The number of hydrogen-bond acceptors (Lipinski definition) is 3. The molecule has 7 heteroatoms. The minimum absolute atomic E-state index is 0. The van der Waals surface area contributed by atoms with E-state index in [1.165, 1.54) is 5.56 Å². The Hall–Kier alpha value is -2.42. The molecule has 6 nitrogen and oxygen atoms in total. The van der Waals surface area contributed by atoms with Gasteiger partial charge in [-0.05, 0) is 36.2 Å². The highest BCUT2D eigenvalue weighted by Gasteiger charge is 1.99. The van der Waals surface area contributed by atoms with Crippen molar-refractivity contribution in [3.63, 3.8) is 0 Å². The summed E-state index contributed by atoms with van der Waals surface area (Å²) in [6.07, 6.45) is 7.07. The number of nitrogens with one attached hydrogen (secondary N) is 1. The molecule has 3 rings (SSSR count). The third-order valence-corrected chi connectivity index (χ3v) is 3.30. The standard InChI is InChI=1S/C17H18N6.HI/c1-13-3-2-4-15(9-13)22-17(18)21-11-14-5-6-16(20-10-14)23-8-7-19-12-23;/h2-10,12H,11H2,1H3,(H3,18,21,22);1H. The van der Waals surface area contributed by atoms with Gasteiger partial charge in [0.1, 0.15) is 12.1 Å². The Balaban J connectivity index is 0.00000208. The number of anilines is 1. The van der Waals surface area contributed by atoms with Crippen molar-refractivity contribution in [2.75, 3.05) is 5.32 Å². The number of rotatable bonds is 4. The van der Waals surface area contributed by atoms with Crippen LogP contribution < -0.4 is 11.1 Å². The van der Waals surface area contributed by atoms with Crippen LogP contribution >= 0.6 is 24.0 Å². The first-order valence-corrected chi connectivity index (χ1v) is 7.27. The van der Waals surface area contributed by atoms with Gasteiger partial charge in [0.2, 0.25) is 0 Å². The first kappa shape index (κ1) is 17.9. The van der Waals surface area contributed by atoms with Crippen LogP contribution in [0.3, 0.4) is 0 Å². The van der Waals surface area contributed by atoms with Crippen LogP contribution in [0.1, 0.15) is 11.1 Å². The van der Waals surface area contributed by atoms with E-state index in [2.05, 4.69) is 20.3 Å². The predicted molar refractivity (Wildman–Crippen MR) is 107 cm³/mol. The van der Waals surface area contributed by atoms with Gasteiger partial charge in [-0.15, -0.1) is 24.0 Å². The molecule has 3 N–H and O–H groups in total. The van der Waals surface area contributed by atoms with Crippen LogP contribution in [0.5, 0.6) is 0 Å². The molecule has 124 valence electrons. The van der Waals surface area contributed by atoms with Crippen LogP contribution in [0.15, 0.2) is 66.3 Å². The van der Waals surface area contributed by atoms with E-state index < -0.39 is 0 Å². The predicted octanol–water partition coefficient (Wildman–Crippen LogP) is 3.12. The lowest BCUT2D eigenvalue weighted by Crippen LogP contribution is -2.22. The molecule has 0 aliphatic rings. The second-order valence-electron chi connectivity index (χ2n) is 5.19. The first-order chi connectivity index (χ1) is 11.2. The molecule has 0 aliphatic carbocycles. The van der Waals surface area contributed by atoms with E-state index in [1.54, 1.807) is 18.7 Å². The zero-order valence-corrected chi connectivity index (χ0v) is 15.6. The summed E-state index contributed by atoms with van der Waals surface area (Å²) in [5.41, 5.74) is 9.00. The average molecular weight is 434 g/mol. The molecular weight excluding hydrogens is 415 g/mol. The maximum absolute atomic E-state index is 5.92. The zero-order chi connectivity index (χ0) is 16.1. The van der Waals surface area contributed by atoms with Crippen LogP contribution in [-0.2, 0) is 6.54 Å². The number of imidazole rings is 1. The molecule has 0 aliphatic heterocycles. The van der Waals surface area contributed by atoms with Gasteiger partial charge in [0.25, 0.3) is 0 Å². The van der Waals surface area contributed by atoms with Crippen LogP contribution in [0, 0.1) is 6.92 Å². The Kier molecular flexibility index (Phi) is 6.30. The lowest BCUT2D eigenvalue weighted by atomic mass is 10.2. The Morgan fingerprint density at radius 3 is 2.83 bits per heavy atom. The molecule has 0 atom stereocenters. The molecule has 0 fully saturated rings. The normalized spacial score (nSPS) is 11.0. The minimum atomic E-state index is 0. The maximum atomic E-state index is 5.92. The number of aryl methyl sites for hydroxylation is 1. The van der Waals surface area contributed by atoms with Gasteiger partial charge < -0.3 is 11.1 Å². The number of nitrogens with zero attached hydrogens (tertiary/aromatic N) is 4. The summed E-state index contributed by atoms with van der Waals surface area (Å²) in [7, 11) is 0. The fourth-order valence-corrected chi connectivity index (χ4v) is 2.14. The van der Waals surface area contributed by atoms with Crippen molar-refractivity contribution in [1.82, 2.24) is 14.5 Å². The molecule has 1 aromatic carbocycles. The zero-order valence-electron chi connectivity index (χ0n) is 13.3. The highest BCUT2D eigenvalue weighted by Crippen LogP contribution is 2.09. The molecule has 24 heavy (non-hydrogen) atoms. The van der Waals surface area contributed by atoms with Gasteiger partial charge >= 0.3 is 0 Å². The monoisotopic (exact) mass is 434 g/mol. The molecule has 0 amide bonds. The van der Waals surface area contributed by atoms with E-state index in [-0.39, 0.29) is 24.0 Å². The van der Waals surface area contributed by atoms with Crippen LogP contribution in [0.4, 0.5) is 5.69 Å². The van der Waals surface area contributed by atoms with Gasteiger partial charge in [-0.2, -0.15) is 0 Å². The van der Waals surface area contributed by atoms with E-state index in [4.69, 9.17) is 5.73 Å². The maximum Gasteiger partial charge on any atom is 0.193 e. The van der Waals surface area contributed by atoms with E-state index >= 15 is 0 Å². The Morgan fingerprint density at radius 1 is 1.29 bits per heavy atom. The summed E-state index contributed by atoms with van der Waals surface area (Å²) in [4.78, 5) is 12.7. The van der Waals surface area contributed by atoms with Gasteiger partial charge in [-0.3, -0.25) is 4.57 Å². The second-order valence-corrected chi connectivity index (χ2v) is 5.19. The molecule has 0 saturated heterocycles. The highest BCUT2D eigenvalue weighted by molar-refractivity contribution is 14.0. The lowest BCUT2D eigenvalue weighted by molar-refractivity contribution is 0.967. The van der Waals surface area contributed by atoms with Gasteiger partial charge in [0.05, 0.1) is 6.54 Å². The van der Waals surface area contributed by atoms with Gasteiger partial charge in [-0.25, -0.2) is 15.0 Å². The third kappa shape index (κ3) is 4.79. The van der Waals surface area contributed by atoms with E-state index in [1.807, 2.05) is 54.1 Å². The van der Waals surface area contributed by atoms with Crippen LogP contribution in [-0.4, -0.2) is 20.5 Å². The number of hydrogen-bond donors (Lipinski definition) is 2. The number of guanidine groups is 1. The smallest absolute Gasteiger partial charge is 0.193 e. The quantitative estimate of drug-likeness (QED) is 0.376. The molecule has 0 unspecified atom stereocenters. The fraction of sp³-hybridized carbons (Fsp3) is 0.118. The van der Waals surface area contributed by atoms with E-state index in [0.717, 1.165) is 17.1 Å². The number of benzene rings is 1. The second kappa shape index (κ2) is 8.44. The van der Waals surface area contributed by atoms with Gasteiger partial charge in [-0.1, -0.05) is 18.2 Å². The van der Waals surface area contributed by atoms with Gasteiger partial charge in [0.15, 0.2) is 5.96 Å². The topological polar surface area (TPSA) is 81.1 Å². The third-order valence-electron chi connectivity index (χ3n) is 3.30. The minimum Gasteiger partial charge on any atom is -0.370 e. The van der Waals surface area contributed by atoms with Crippen molar-refractivity contribution in [2.24, 2.45) is 10.7 Å². The van der Waals surface area contributed by atoms with Crippen molar-refractivity contribution in [2.45, 2.75) is 13.5 Å². The summed E-state index contributed by atoms with van der Waals surface area (Å²) in [6.45, 7) is 2.51. The Labute approximate surface area is 157 Å². The van der Waals surface area contributed by atoms with E-state index in [9.17, 15) is 0 Å². The van der Waals surface area contributed by atoms with Crippen molar-refractivity contribution < 1.29 is 0 Å². The molecular formula is C17H19IN6. The summed E-state index contributed by atoms with van der Waals surface area (Å²) < 4.78 is 1.85. The fourth-order valence-electron chi connectivity index (χ4n) is 2.14. The number of aromatic nitrogens is 3. The molecule has 2 aromatic heterocycles. The molecule has 2 heterocycles. The molecule has 0 radical (unpaired) electrons. The van der Waals surface area contributed by atoms with Crippen molar-refractivity contribution in [3.05, 3.63) is 72.4 Å². The lowest BCUT2D eigenvalue weighted by Gasteiger charge is -2.06. The highest BCUT2D eigenvalue weighted by atomic mass is 127. The van der Waals surface area contributed by atoms with Crippen LogP contribution in [0.25, 0.3) is 5.82 Å². The Bertz CT molecular complexity index is 796. The summed E-state index contributed by atoms with van der Waals surface area (Å²) >= 11 is 0.